The number of allylic oxidation sites excluding steroid dienone is 4. The van der Waals surface area contributed by atoms with E-state index in [1.807, 2.05) is 0 Å². The molecule has 2 rings (SSSR count). The van der Waals surface area contributed by atoms with Crippen molar-refractivity contribution in [1.82, 2.24) is 0 Å². The minimum atomic E-state index is -1.36. The minimum absolute atomic E-state index is 0.456. The van der Waals surface area contributed by atoms with Crippen molar-refractivity contribution >= 4 is 34.7 Å². The Morgan fingerprint density at radius 3 is 1.30 bits per heavy atom. The first kappa shape index (κ1) is 16.8. The topological polar surface area (TPSA) is 121 Å². The van der Waals surface area contributed by atoms with E-state index in [4.69, 9.17) is 9.47 Å². The van der Waals surface area contributed by atoms with Gasteiger partial charge in [-0.2, -0.15) is 0 Å². The van der Waals surface area contributed by atoms with E-state index in [9.17, 15) is 28.8 Å². The maximum atomic E-state index is 11.6. The molecule has 8 nitrogen and oxygen atoms in total. The molecular weight excluding hydrogens is 308 g/mol. The maximum Gasteiger partial charge on any atom is 0.177 e. The smallest absolute Gasteiger partial charge is 0.177 e. The van der Waals surface area contributed by atoms with Crippen LogP contribution in [0.3, 0.4) is 0 Å². The summed E-state index contributed by atoms with van der Waals surface area (Å²) in [7, 11) is 0. The highest BCUT2D eigenvalue weighted by atomic mass is 16.7. The Morgan fingerprint density at radius 2 is 1.00 bits per heavy atom. The van der Waals surface area contributed by atoms with Gasteiger partial charge >= 0.3 is 0 Å². The van der Waals surface area contributed by atoms with Crippen LogP contribution >= 0.6 is 0 Å². The van der Waals surface area contributed by atoms with Gasteiger partial charge in [0, 0.05) is 0 Å². The zero-order valence-electron chi connectivity index (χ0n) is 11.9. The van der Waals surface area contributed by atoms with Gasteiger partial charge < -0.3 is 9.47 Å². The molecule has 0 aliphatic heterocycles. The van der Waals surface area contributed by atoms with Crippen molar-refractivity contribution < 1.29 is 38.2 Å². The molecule has 8 heteroatoms. The Balaban J connectivity index is 1.66. The molecule has 0 radical (unpaired) electrons. The summed E-state index contributed by atoms with van der Waals surface area (Å²) < 4.78 is 9.66. The predicted molar refractivity (Wildman–Crippen MR) is 72.1 cm³/mol. The van der Waals surface area contributed by atoms with Crippen molar-refractivity contribution in [3.05, 3.63) is 24.3 Å². The van der Waals surface area contributed by atoms with Gasteiger partial charge in [0.15, 0.2) is 34.7 Å². The van der Waals surface area contributed by atoms with E-state index < -0.39 is 66.5 Å². The molecule has 0 saturated carbocycles. The Morgan fingerprint density at radius 1 is 0.696 bits per heavy atom. The average molecular weight is 320 g/mol. The van der Waals surface area contributed by atoms with Gasteiger partial charge in [-0.25, -0.2) is 0 Å². The molecule has 0 aromatic heterocycles. The van der Waals surface area contributed by atoms with E-state index in [1.165, 1.54) is 0 Å². The van der Waals surface area contributed by atoms with Gasteiger partial charge in [0.1, 0.15) is 31.8 Å². The first-order valence-electron chi connectivity index (χ1n) is 6.64. The van der Waals surface area contributed by atoms with Gasteiger partial charge in [-0.1, -0.05) is 0 Å². The molecule has 0 N–H and O–H groups in total. The van der Waals surface area contributed by atoms with Crippen molar-refractivity contribution in [3.8, 4) is 0 Å². The molecule has 2 aliphatic carbocycles. The maximum absolute atomic E-state index is 11.6. The van der Waals surface area contributed by atoms with Gasteiger partial charge in [0.2, 0.25) is 0 Å². The molecule has 0 heterocycles. The predicted octanol–water partition coefficient (Wildman–Crippen LogP) is -1.24. The Kier molecular flexibility index (Phi) is 5.20. The summed E-state index contributed by atoms with van der Waals surface area (Å²) in [6.07, 6.45) is 4.13. The Bertz CT molecular complexity index is 562. The van der Waals surface area contributed by atoms with Gasteiger partial charge in [-0.3, -0.25) is 28.8 Å². The highest BCUT2D eigenvalue weighted by Gasteiger charge is 2.35. The zero-order chi connectivity index (χ0) is 17.0. The molecule has 23 heavy (non-hydrogen) atoms. The molecule has 0 aromatic carbocycles. The molecule has 0 unspecified atom stereocenters. The van der Waals surface area contributed by atoms with E-state index in [-0.39, 0.29) is 0 Å². The third-order valence-electron chi connectivity index (χ3n) is 3.26. The zero-order valence-corrected chi connectivity index (χ0v) is 11.9. The lowest BCUT2D eigenvalue weighted by molar-refractivity contribution is -0.144. The second kappa shape index (κ2) is 7.12. The van der Waals surface area contributed by atoms with Crippen LogP contribution in [0.2, 0.25) is 0 Å². The van der Waals surface area contributed by atoms with Crippen molar-refractivity contribution in [2.24, 2.45) is 11.8 Å². The van der Waals surface area contributed by atoms with Crippen LogP contribution in [-0.4, -0.2) is 54.7 Å². The largest absolute Gasteiger partial charge is 0.348 e. The van der Waals surface area contributed by atoms with Crippen LogP contribution < -0.4 is 0 Å². The molecular formula is C15H12O8. The number of hydrogen-bond donors (Lipinski definition) is 0. The second-order valence-electron chi connectivity index (χ2n) is 4.89. The highest BCUT2D eigenvalue weighted by molar-refractivity contribution is 6.30. The molecule has 0 bridgehead atoms. The van der Waals surface area contributed by atoms with Gasteiger partial charge in [0.05, 0.1) is 0 Å². The van der Waals surface area contributed by atoms with Gasteiger partial charge in [-0.05, 0) is 24.3 Å². The van der Waals surface area contributed by atoms with Gasteiger partial charge in [-0.15, -0.1) is 0 Å². The lowest BCUT2D eigenvalue weighted by atomic mass is 10.0. The van der Waals surface area contributed by atoms with Crippen molar-refractivity contribution in [1.29, 1.82) is 0 Å². The summed E-state index contributed by atoms with van der Waals surface area (Å²) >= 11 is 0. The quantitative estimate of drug-likeness (QED) is 0.309. The summed E-state index contributed by atoms with van der Waals surface area (Å²) in [6.45, 7) is -1.51. The normalized spacial score (nSPS) is 18.4. The van der Waals surface area contributed by atoms with E-state index in [2.05, 4.69) is 0 Å². The van der Waals surface area contributed by atoms with Gasteiger partial charge in [0.25, 0.3) is 0 Å². The number of carbonyl (C=O) groups excluding carboxylic acids is 6. The monoisotopic (exact) mass is 320 g/mol. The summed E-state index contributed by atoms with van der Waals surface area (Å²) in [4.78, 5) is 68.4. The van der Waals surface area contributed by atoms with Crippen LogP contribution in [0.1, 0.15) is 0 Å². The third kappa shape index (κ3) is 3.79. The standard InChI is InChI=1S/C15H12O8/c16-8-1-2-9(17)14(8)12(20)5-22-7-23-6-13(21)15-10(18)3-4-11(15)19/h1-4,14-15H,5-7H2. The molecule has 0 amide bonds. The lowest BCUT2D eigenvalue weighted by Gasteiger charge is -2.09. The summed E-state index contributed by atoms with van der Waals surface area (Å²) in [6, 6.07) is 0. The first-order valence-corrected chi connectivity index (χ1v) is 6.64. The third-order valence-corrected chi connectivity index (χ3v) is 3.26. The first-order chi connectivity index (χ1) is 10.9. The number of ketones is 6. The number of carbonyl (C=O) groups is 6. The van der Waals surface area contributed by atoms with Crippen LogP contribution in [-0.2, 0) is 38.2 Å². The number of rotatable bonds is 8. The van der Waals surface area contributed by atoms with Crippen LogP contribution in [0.25, 0.3) is 0 Å². The molecule has 0 fully saturated rings. The number of hydrogen-bond acceptors (Lipinski definition) is 8. The fourth-order valence-electron chi connectivity index (χ4n) is 2.14. The van der Waals surface area contributed by atoms with Crippen LogP contribution in [0, 0.1) is 11.8 Å². The Labute approximate surface area is 130 Å². The molecule has 0 saturated heterocycles. The highest BCUT2D eigenvalue weighted by Crippen LogP contribution is 2.13. The lowest BCUT2D eigenvalue weighted by Crippen LogP contribution is -2.31. The Hall–Kier alpha value is -2.58. The summed E-state index contributed by atoms with van der Waals surface area (Å²) in [5.41, 5.74) is 0. The molecule has 0 aromatic rings. The van der Waals surface area contributed by atoms with Crippen LogP contribution in [0.5, 0.6) is 0 Å². The van der Waals surface area contributed by atoms with E-state index in [0.29, 0.717) is 0 Å². The second-order valence-corrected chi connectivity index (χ2v) is 4.89. The van der Waals surface area contributed by atoms with E-state index >= 15 is 0 Å². The number of Topliss-reactive ketones (excluding diaryl/α,β-unsaturated/α-hetero) is 2. The summed E-state index contributed by atoms with van der Waals surface area (Å²) in [5, 5.41) is 0. The minimum Gasteiger partial charge on any atom is -0.348 e. The fraction of sp³-hybridized carbons (Fsp3) is 0.333. The van der Waals surface area contributed by atoms with Crippen LogP contribution in [0.15, 0.2) is 24.3 Å². The van der Waals surface area contributed by atoms with Crippen LogP contribution in [0.4, 0.5) is 0 Å². The van der Waals surface area contributed by atoms with E-state index in [1.54, 1.807) is 0 Å². The fourth-order valence-corrected chi connectivity index (χ4v) is 2.14. The molecule has 0 atom stereocenters. The SMILES string of the molecule is O=C1C=CC(=O)C1C(=O)COCOCC(=O)C1C(=O)C=CC1=O. The summed E-state index contributed by atoms with van der Waals surface area (Å²) in [5.74, 6) is -6.50. The van der Waals surface area contributed by atoms with Crippen molar-refractivity contribution in [3.63, 3.8) is 0 Å². The molecule has 0 spiro atoms. The average Bonchev–Trinajstić information content (AvgIpc) is 3.00. The number of ether oxygens (including phenoxy) is 2. The van der Waals surface area contributed by atoms with Crippen molar-refractivity contribution in [2.45, 2.75) is 0 Å². The van der Waals surface area contributed by atoms with E-state index in [0.717, 1.165) is 24.3 Å². The molecule has 120 valence electrons. The molecule has 2 aliphatic rings. The van der Waals surface area contributed by atoms with Crippen molar-refractivity contribution in [2.75, 3.05) is 20.0 Å².